The monoisotopic (exact) mass is 379 g/mol. The molecule has 0 bridgehead atoms. The molecule has 0 spiro atoms. The molecule has 3 rings (SSSR count). The van der Waals surface area contributed by atoms with Gasteiger partial charge in [-0.15, -0.1) is 0 Å². The summed E-state index contributed by atoms with van der Waals surface area (Å²) < 4.78 is 50.0. The first-order valence-electron chi connectivity index (χ1n) is 8.14. The van der Waals surface area contributed by atoms with Crippen LogP contribution in [0.5, 0.6) is 0 Å². The first-order valence-corrected chi connectivity index (χ1v) is 11.5. The molecular formula is C18H21NO4S2. The lowest BCUT2D eigenvalue weighted by atomic mass is 9.90. The highest BCUT2D eigenvalue weighted by molar-refractivity contribution is 7.90. The molecule has 25 heavy (non-hydrogen) atoms. The van der Waals surface area contributed by atoms with Crippen LogP contribution in [0, 0.1) is 0 Å². The zero-order chi connectivity index (χ0) is 18.1. The summed E-state index contributed by atoms with van der Waals surface area (Å²) in [5.41, 5.74) is 1.25. The summed E-state index contributed by atoms with van der Waals surface area (Å²) in [6, 6.07) is 15.6. The van der Waals surface area contributed by atoms with Crippen LogP contribution in [0.2, 0.25) is 0 Å². The first-order chi connectivity index (χ1) is 11.8. The standard InChI is InChI=1S/C18H21NO4S2/c1-24(20,21)17-7-9-18(10-8-17)25(22,23)19-13-11-16(12-14-19)15-5-3-2-4-6-15/h2-10,16H,11-14H2,1H3. The van der Waals surface area contributed by atoms with Gasteiger partial charge in [-0.2, -0.15) is 4.31 Å². The van der Waals surface area contributed by atoms with Crippen LogP contribution in [0.1, 0.15) is 24.3 Å². The highest BCUT2D eigenvalue weighted by Crippen LogP contribution is 2.30. The second-order valence-corrected chi connectivity index (χ2v) is 10.3. The molecule has 7 heteroatoms. The van der Waals surface area contributed by atoms with Crippen LogP contribution in [0.4, 0.5) is 0 Å². The number of nitrogens with zero attached hydrogens (tertiary/aromatic N) is 1. The number of piperidine rings is 1. The van der Waals surface area contributed by atoms with Crippen LogP contribution < -0.4 is 0 Å². The molecule has 0 saturated carbocycles. The first kappa shape index (κ1) is 18.1. The average Bonchev–Trinajstić information content (AvgIpc) is 2.62. The van der Waals surface area contributed by atoms with Crippen LogP contribution in [-0.4, -0.2) is 40.5 Å². The van der Waals surface area contributed by atoms with Crippen molar-refractivity contribution in [2.45, 2.75) is 28.6 Å². The molecule has 2 aromatic rings. The maximum absolute atomic E-state index is 12.8. The van der Waals surface area contributed by atoms with Crippen molar-refractivity contribution in [3.63, 3.8) is 0 Å². The van der Waals surface area contributed by atoms with Crippen LogP contribution >= 0.6 is 0 Å². The Morgan fingerprint density at radius 3 is 1.84 bits per heavy atom. The van der Waals surface area contributed by atoms with Gasteiger partial charge in [0, 0.05) is 19.3 Å². The summed E-state index contributed by atoms with van der Waals surface area (Å²) in [6.07, 6.45) is 2.67. The Bertz CT molecular complexity index is 928. The lowest BCUT2D eigenvalue weighted by Crippen LogP contribution is -2.37. The molecule has 0 amide bonds. The van der Waals surface area contributed by atoms with Gasteiger partial charge in [0.05, 0.1) is 9.79 Å². The van der Waals surface area contributed by atoms with Crippen molar-refractivity contribution in [2.24, 2.45) is 0 Å². The van der Waals surface area contributed by atoms with Gasteiger partial charge in [0.25, 0.3) is 0 Å². The SMILES string of the molecule is CS(=O)(=O)c1ccc(S(=O)(=O)N2CCC(c3ccccc3)CC2)cc1. The van der Waals surface area contributed by atoms with E-state index in [0.29, 0.717) is 19.0 Å². The minimum absolute atomic E-state index is 0.120. The highest BCUT2D eigenvalue weighted by atomic mass is 32.2. The molecular weight excluding hydrogens is 358 g/mol. The van der Waals surface area contributed by atoms with E-state index >= 15 is 0 Å². The third-order valence-electron chi connectivity index (χ3n) is 4.61. The van der Waals surface area contributed by atoms with Crippen molar-refractivity contribution < 1.29 is 16.8 Å². The summed E-state index contributed by atoms with van der Waals surface area (Å²) in [6.45, 7) is 0.936. The normalized spacial score (nSPS) is 17.5. The van der Waals surface area contributed by atoms with Gasteiger partial charge in [-0.1, -0.05) is 30.3 Å². The van der Waals surface area contributed by atoms with Crippen LogP contribution in [0.3, 0.4) is 0 Å². The fraction of sp³-hybridized carbons (Fsp3) is 0.333. The summed E-state index contributed by atoms with van der Waals surface area (Å²) >= 11 is 0. The van der Waals surface area contributed by atoms with Crippen LogP contribution in [0.15, 0.2) is 64.4 Å². The van der Waals surface area contributed by atoms with Crippen molar-refractivity contribution in [3.05, 3.63) is 60.2 Å². The number of hydrogen-bond acceptors (Lipinski definition) is 4. The summed E-state index contributed by atoms with van der Waals surface area (Å²) in [4.78, 5) is 0.257. The molecule has 0 N–H and O–H groups in total. The molecule has 1 aliphatic rings. The zero-order valence-corrected chi connectivity index (χ0v) is 15.6. The Labute approximate surface area is 149 Å². The molecule has 2 aromatic carbocycles. The van der Waals surface area contributed by atoms with E-state index in [2.05, 4.69) is 12.1 Å². The summed E-state index contributed by atoms with van der Waals surface area (Å²) in [7, 11) is -6.93. The second-order valence-electron chi connectivity index (χ2n) is 6.33. The molecule has 0 aliphatic carbocycles. The van der Waals surface area contributed by atoms with Crippen LogP contribution in [-0.2, 0) is 19.9 Å². The van der Waals surface area contributed by atoms with E-state index in [4.69, 9.17) is 0 Å². The van der Waals surface area contributed by atoms with E-state index in [1.54, 1.807) is 0 Å². The number of benzene rings is 2. The molecule has 134 valence electrons. The van der Waals surface area contributed by atoms with Gasteiger partial charge < -0.3 is 0 Å². The van der Waals surface area contributed by atoms with E-state index in [1.807, 2.05) is 18.2 Å². The Balaban J connectivity index is 1.74. The van der Waals surface area contributed by atoms with E-state index in [0.717, 1.165) is 19.1 Å². The van der Waals surface area contributed by atoms with Gasteiger partial charge in [0.15, 0.2) is 9.84 Å². The molecule has 1 fully saturated rings. The number of sulfonamides is 1. The predicted octanol–water partition coefficient (Wildman–Crippen LogP) is 2.66. The predicted molar refractivity (Wildman–Crippen MR) is 96.7 cm³/mol. The molecule has 0 unspecified atom stereocenters. The third kappa shape index (κ3) is 3.94. The summed E-state index contributed by atoms with van der Waals surface area (Å²) in [5, 5.41) is 0. The van der Waals surface area contributed by atoms with E-state index in [1.165, 1.54) is 34.1 Å². The fourth-order valence-electron chi connectivity index (χ4n) is 3.16. The van der Waals surface area contributed by atoms with E-state index in [-0.39, 0.29) is 9.79 Å². The Morgan fingerprint density at radius 2 is 1.32 bits per heavy atom. The van der Waals surface area contributed by atoms with Gasteiger partial charge in [-0.05, 0) is 48.6 Å². The van der Waals surface area contributed by atoms with Crippen LogP contribution in [0.25, 0.3) is 0 Å². The second kappa shape index (κ2) is 6.90. The van der Waals surface area contributed by atoms with Gasteiger partial charge in [0.2, 0.25) is 10.0 Å². The molecule has 0 atom stereocenters. The van der Waals surface area contributed by atoms with Crippen molar-refractivity contribution in [1.29, 1.82) is 0 Å². The van der Waals surface area contributed by atoms with Gasteiger partial charge in [-0.25, -0.2) is 16.8 Å². The Hall–Kier alpha value is -1.70. The number of hydrogen-bond donors (Lipinski definition) is 0. The quantitative estimate of drug-likeness (QED) is 0.819. The minimum atomic E-state index is -3.59. The maximum Gasteiger partial charge on any atom is 0.243 e. The minimum Gasteiger partial charge on any atom is -0.224 e. The van der Waals surface area contributed by atoms with E-state index in [9.17, 15) is 16.8 Å². The van der Waals surface area contributed by atoms with Crippen molar-refractivity contribution >= 4 is 19.9 Å². The molecule has 0 aromatic heterocycles. The molecule has 0 radical (unpaired) electrons. The van der Waals surface area contributed by atoms with Gasteiger partial charge in [0.1, 0.15) is 0 Å². The zero-order valence-electron chi connectivity index (χ0n) is 14.0. The Kier molecular flexibility index (Phi) is 4.99. The largest absolute Gasteiger partial charge is 0.243 e. The van der Waals surface area contributed by atoms with Crippen molar-refractivity contribution in [2.75, 3.05) is 19.3 Å². The lowest BCUT2D eigenvalue weighted by Gasteiger charge is -2.31. The third-order valence-corrected chi connectivity index (χ3v) is 7.66. The lowest BCUT2D eigenvalue weighted by molar-refractivity contribution is 0.319. The fourth-order valence-corrected chi connectivity index (χ4v) is 5.26. The van der Waals surface area contributed by atoms with E-state index < -0.39 is 19.9 Å². The summed E-state index contributed by atoms with van der Waals surface area (Å²) in [5.74, 6) is 0.375. The smallest absolute Gasteiger partial charge is 0.224 e. The molecule has 5 nitrogen and oxygen atoms in total. The highest BCUT2D eigenvalue weighted by Gasteiger charge is 2.30. The maximum atomic E-state index is 12.8. The topological polar surface area (TPSA) is 71.5 Å². The molecule has 1 heterocycles. The van der Waals surface area contributed by atoms with Gasteiger partial charge >= 0.3 is 0 Å². The number of rotatable bonds is 4. The van der Waals surface area contributed by atoms with Crippen molar-refractivity contribution in [1.82, 2.24) is 4.31 Å². The Morgan fingerprint density at radius 1 is 0.800 bits per heavy atom. The number of sulfone groups is 1. The molecule has 1 saturated heterocycles. The van der Waals surface area contributed by atoms with Crippen molar-refractivity contribution in [3.8, 4) is 0 Å². The van der Waals surface area contributed by atoms with Gasteiger partial charge in [-0.3, -0.25) is 0 Å². The average molecular weight is 380 g/mol. The molecule has 1 aliphatic heterocycles.